The van der Waals surface area contributed by atoms with Gasteiger partial charge in [-0.05, 0) is 32.9 Å². The first kappa shape index (κ1) is 14.9. The molecule has 6 heteroatoms. The number of carboxylic acid groups (broad SMARTS) is 1. The summed E-state index contributed by atoms with van der Waals surface area (Å²) in [4.78, 5) is 21.7. The van der Waals surface area contributed by atoms with Crippen molar-refractivity contribution in [2.75, 3.05) is 13.6 Å². The fraction of sp³-hybridized carbons (Fsp3) is 0.800. The van der Waals surface area contributed by atoms with E-state index in [1.165, 1.54) is 0 Å². The van der Waals surface area contributed by atoms with Crippen molar-refractivity contribution in [1.82, 2.24) is 10.6 Å². The van der Waals surface area contributed by atoms with Gasteiger partial charge >= 0.3 is 5.97 Å². The Bertz CT molecular complexity index is 233. The number of aliphatic carboxylic acids is 1. The van der Waals surface area contributed by atoms with Crippen LogP contribution in [0.3, 0.4) is 0 Å². The van der Waals surface area contributed by atoms with Crippen LogP contribution in [0.25, 0.3) is 0 Å². The molecule has 6 nitrogen and oxygen atoms in total. The molecule has 0 fully saturated rings. The number of carbonyl (C=O) groups excluding carboxylic acids is 1. The third-order valence-electron chi connectivity index (χ3n) is 2.43. The molecule has 0 heterocycles. The maximum atomic E-state index is 10.9. The Balaban J connectivity index is 3.93. The van der Waals surface area contributed by atoms with Gasteiger partial charge < -0.3 is 21.5 Å². The van der Waals surface area contributed by atoms with Crippen LogP contribution in [0.1, 0.15) is 26.2 Å². The molecule has 0 spiro atoms. The molecular formula is C10H21N3O3. The van der Waals surface area contributed by atoms with Crippen LogP contribution in [0.2, 0.25) is 0 Å². The molecule has 0 saturated heterocycles. The lowest BCUT2D eigenvalue weighted by molar-refractivity contribution is -0.139. The highest BCUT2D eigenvalue weighted by atomic mass is 16.4. The van der Waals surface area contributed by atoms with Crippen LogP contribution in [0.15, 0.2) is 0 Å². The summed E-state index contributed by atoms with van der Waals surface area (Å²) in [5.74, 6) is -1.26. The Morgan fingerprint density at radius 2 is 1.88 bits per heavy atom. The quantitative estimate of drug-likeness (QED) is 0.420. The number of hydrogen-bond donors (Lipinski definition) is 4. The molecule has 0 radical (unpaired) electrons. The molecule has 94 valence electrons. The van der Waals surface area contributed by atoms with E-state index in [0.29, 0.717) is 25.8 Å². The lowest BCUT2D eigenvalue weighted by atomic mass is 10.1. The van der Waals surface area contributed by atoms with E-state index >= 15 is 0 Å². The fourth-order valence-corrected chi connectivity index (χ4v) is 1.51. The summed E-state index contributed by atoms with van der Waals surface area (Å²) in [5, 5.41) is 14.5. The first-order chi connectivity index (χ1) is 7.52. The zero-order chi connectivity index (χ0) is 12.6. The van der Waals surface area contributed by atoms with Crippen molar-refractivity contribution in [2.45, 2.75) is 38.3 Å². The molecule has 2 unspecified atom stereocenters. The van der Waals surface area contributed by atoms with E-state index < -0.39 is 17.9 Å². The summed E-state index contributed by atoms with van der Waals surface area (Å²) in [7, 11) is 1.66. The van der Waals surface area contributed by atoms with E-state index in [-0.39, 0.29) is 6.04 Å². The second kappa shape index (κ2) is 8.06. The van der Waals surface area contributed by atoms with Gasteiger partial charge in [-0.25, -0.2) is 0 Å². The highest BCUT2D eigenvalue weighted by molar-refractivity contribution is 5.79. The number of carbonyl (C=O) groups is 2. The van der Waals surface area contributed by atoms with Crippen molar-refractivity contribution in [3.63, 3.8) is 0 Å². The molecule has 0 aliphatic rings. The van der Waals surface area contributed by atoms with Crippen LogP contribution in [0.4, 0.5) is 0 Å². The SMILES string of the molecule is CCNC(CCCC(NC)C(N)=O)C(=O)O. The number of nitrogens with one attached hydrogen (secondary N) is 2. The molecule has 0 rings (SSSR count). The van der Waals surface area contributed by atoms with E-state index in [4.69, 9.17) is 10.8 Å². The summed E-state index contributed by atoms with van der Waals surface area (Å²) in [6.07, 6.45) is 1.69. The van der Waals surface area contributed by atoms with E-state index in [9.17, 15) is 9.59 Å². The molecule has 0 saturated carbocycles. The number of carboxylic acids is 1. The van der Waals surface area contributed by atoms with Crippen molar-refractivity contribution in [1.29, 1.82) is 0 Å². The predicted octanol–water partition coefficient (Wildman–Crippen LogP) is -0.707. The van der Waals surface area contributed by atoms with Crippen LogP contribution < -0.4 is 16.4 Å². The minimum absolute atomic E-state index is 0.379. The molecular weight excluding hydrogens is 210 g/mol. The van der Waals surface area contributed by atoms with Gasteiger partial charge in [-0.15, -0.1) is 0 Å². The Labute approximate surface area is 95.6 Å². The topological polar surface area (TPSA) is 104 Å². The number of nitrogens with two attached hydrogens (primary N) is 1. The van der Waals surface area contributed by atoms with Gasteiger partial charge in [0.05, 0.1) is 6.04 Å². The number of amides is 1. The third-order valence-corrected chi connectivity index (χ3v) is 2.43. The Hall–Kier alpha value is -1.14. The molecule has 0 aliphatic heterocycles. The predicted molar refractivity (Wildman–Crippen MR) is 61.0 cm³/mol. The van der Waals surface area contributed by atoms with Crippen LogP contribution in [-0.2, 0) is 9.59 Å². The normalized spacial score (nSPS) is 14.4. The summed E-state index contributed by atoms with van der Waals surface area (Å²) in [5.41, 5.74) is 5.15. The van der Waals surface area contributed by atoms with Gasteiger partial charge in [0, 0.05) is 0 Å². The van der Waals surface area contributed by atoms with E-state index in [2.05, 4.69) is 10.6 Å². The van der Waals surface area contributed by atoms with Gasteiger partial charge in [0.2, 0.25) is 5.91 Å². The zero-order valence-electron chi connectivity index (χ0n) is 9.82. The Morgan fingerprint density at radius 3 is 2.25 bits per heavy atom. The fourth-order valence-electron chi connectivity index (χ4n) is 1.51. The molecule has 16 heavy (non-hydrogen) atoms. The molecule has 2 atom stereocenters. The first-order valence-corrected chi connectivity index (χ1v) is 5.45. The van der Waals surface area contributed by atoms with Crippen molar-refractivity contribution in [3.05, 3.63) is 0 Å². The maximum Gasteiger partial charge on any atom is 0.320 e. The largest absolute Gasteiger partial charge is 0.480 e. The molecule has 0 aromatic heterocycles. The zero-order valence-corrected chi connectivity index (χ0v) is 9.82. The summed E-state index contributed by atoms with van der Waals surface area (Å²) < 4.78 is 0. The molecule has 1 amide bonds. The molecule has 0 bridgehead atoms. The van der Waals surface area contributed by atoms with Crippen molar-refractivity contribution in [3.8, 4) is 0 Å². The summed E-state index contributed by atoms with van der Waals surface area (Å²) >= 11 is 0. The van der Waals surface area contributed by atoms with Crippen LogP contribution in [0.5, 0.6) is 0 Å². The standard InChI is InChI=1S/C10H21N3O3/c1-3-13-8(10(15)16)6-4-5-7(12-2)9(11)14/h7-8,12-13H,3-6H2,1-2H3,(H2,11,14)(H,15,16). The Morgan fingerprint density at radius 1 is 1.31 bits per heavy atom. The second-order valence-corrected chi connectivity index (χ2v) is 3.62. The van der Waals surface area contributed by atoms with Gasteiger partial charge in [0.1, 0.15) is 6.04 Å². The van der Waals surface area contributed by atoms with Gasteiger partial charge in [0.15, 0.2) is 0 Å². The second-order valence-electron chi connectivity index (χ2n) is 3.62. The molecule has 5 N–H and O–H groups in total. The Kier molecular flexibility index (Phi) is 7.49. The van der Waals surface area contributed by atoms with E-state index in [0.717, 1.165) is 0 Å². The molecule has 0 aliphatic carbocycles. The van der Waals surface area contributed by atoms with Crippen molar-refractivity contribution >= 4 is 11.9 Å². The number of rotatable bonds is 9. The van der Waals surface area contributed by atoms with Crippen LogP contribution in [0, 0.1) is 0 Å². The monoisotopic (exact) mass is 231 g/mol. The highest BCUT2D eigenvalue weighted by Crippen LogP contribution is 2.04. The van der Waals surface area contributed by atoms with Gasteiger partial charge in [-0.3, -0.25) is 9.59 Å². The lowest BCUT2D eigenvalue weighted by Gasteiger charge is -2.15. The highest BCUT2D eigenvalue weighted by Gasteiger charge is 2.17. The van der Waals surface area contributed by atoms with Crippen LogP contribution >= 0.6 is 0 Å². The smallest absolute Gasteiger partial charge is 0.320 e. The van der Waals surface area contributed by atoms with Crippen molar-refractivity contribution < 1.29 is 14.7 Å². The number of hydrogen-bond acceptors (Lipinski definition) is 4. The van der Waals surface area contributed by atoms with Crippen LogP contribution in [-0.4, -0.2) is 42.7 Å². The number of likely N-dealkylation sites (N-methyl/N-ethyl adjacent to an activating group) is 2. The molecule has 0 aromatic rings. The van der Waals surface area contributed by atoms with Gasteiger partial charge in [-0.1, -0.05) is 6.92 Å². The summed E-state index contributed by atoms with van der Waals surface area (Å²) in [6, 6.07) is -0.925. The number of primary amides is 1. The van der Waals surface area contributed by atoms with E-state index in [1.807, 2.05) is 6.92 Å². The van der Waals surface area contributed by atoms with E-state index in [1.54, 1.807) is 7.05 Å². The minimum atomic E-state index is -0.859. The first-order valence-electron chi connectivity index (χ1n) is 5.45. The minimum Gasteiger partial charge on any atom is -0.480 e. The summed E-state index contributed by atoms with van der Waals surface area (Å²) in [6.45, 7) is 2.47. The average Bonchev–Trinajstić information content (AvgIpc) is 2.21. The van der Waals surface area contributed by atoms with Gasteiger partial charge in [0.25, 0.3) is 0 Å². The van der Waals surface area contributed by atoms with Crippen molar-refractivity contribution in [2.24, 2.45) is 5.73 Å². The maximum absolute atomic E-state index is 10.9. The third kappa shape index (κ3) is 5.67. The molecule has 0 aromatic carbocycles. The van der Waals surface area contributed by atoms with Gasteiger partial charge in [-0.2, -0.15) is 0 Å². The average molecular weight is 231 g/mol. The lowest BCUT2D eigenvalue weighted by Crippen LogP contribution is -2.40.